The monoisotopic (exact) mass is 228 g/mol. The van der Waals surface area contributed by atoms with Crippen molar-refractivity contribution in [2.75, 3.05) is 6.61 Å². The van der Waals surface area contributed by atoms with Gasteiger partial charge in [0.2, 0.25) is 0 Å². The molecular formula is C15H32O. The van der Waals surface area contributed by atoms with E-state index in [9.17, 15) is 0 Å². The van der Waals surface area contributed by atoms with Crippen LogP contribution in [0.1, 0.15) is 41.0 Å². The van der Waals surface area contributed by atoms with Crippen LogP contribution < -0.4 is 0 Å². The summed E-state index contributed by atoms with van der Waals surface area (Å²) in [7, 11) is 0. The van der Waals surface area contributed by atoms with Gasteiger partial charge in [0.15, 0.2) is 0 Å². The molecule has 98 valence electrons. The summed E-state index contributed by atoms with van der Waals surface area (Å²) in [5.41, 5.74) is 0. The Labute approximate surface area is 104 Å². The Bertz CT molecular complexity index is 78.0. The van der Waals surface area contributed by atoms with Crippen LogP contribution in [0.2, 0.25) is 0 Å². The fourth-order valence-corrected chi connectivity index (χ4v) is 0. The molecule has 0 aliphatic carbocycles. The van der Waals surface area contributed by atoms with Gasteiger partial charge in [-0.15, -0.1) is 26.3 Å². The van der Waals surface area contributed by atoms with Crippen molar-refractivity contribution in [2.45, 2.75) is 41.0 Å². The Hall–Kier alpha value is -1.08. The lowest BCUT2D eigenvalue weighted by Gasteiger charge is -1.69. The number of hydrogen-bond donors (Lipinski definition) is 1. The molecule has 0 saturated heterocycles. The molecule has 0 bridgehead atoms. The highest BCUT2D eigenvalue weighted by Gasteiger charge is 1.57. The van der Waals surface area contributed by atoms with Gasteiger partial charge >= 0.3 is 0 Å². The van der Waals surface area contributed by atoms with Gasteiger partial charge in [0.1, 0.15) is 0 Å². The molecule has 1 heteroatoms. The molecule has 16 heavy (non-hydrogen) atoms. The van der Waals surface area contributed by atoms with Gasteiger partial charge < -0.3 is 5.11 Å². The van der Waals surface area contributed by atoms with Crippen LogP contribution in [0.4, 0.5) is 0 Å². The lowest BCUT2D eigenvalue weighted by molar-refractivity contribution is 0.295. The van der Waals surface area contributed by atoms with Crippen molar-refractivity contribution in [1.82, 2.24) is 0 Å². The first-order valence-electron chi connectivity index (χ1n) is 5.47. The third-order valence-electron chi connectivity index (χ3n) is 0.224. The highest BCUT2D eigenvalue weighted by atomic mass is 16.2. The van der Waals surface area contributed by atoms with Gasteiger partial charge in [0.05, 0.1) is 0 Å². The summed E-state index contributed by atoms with van der Waals surface area (Å²) in [6, 6.07) is 0. The standard InChI is InChI=1S/C3H8O.4C3H6/c1-2-3-4;4*1-3-2/h4H,2-3H2,1H3;4*3H,1H2,2H3. The zero-order chi connectivity index (χ0) is 14.2. The number of allylic oxidation sites excluding steroid dienone is 4. The van der Waals surface area contributed by atoms with Crippen LogP contribution in [0.25, 0.3) is 0 Å². The van der Waals surface area contributed by atoms with Crippen molar-refractivity contribution in [3.8, 4) is 0 Å². The quantitative estimate of drug-likeness (QED) is 0.615. The molecule has 0 aliphatic rings. The Kier molecular flexibility index (Phi) is 176. The van der Waals surface area contributed by atoms with Gasteiger partial charge in [-0.3, -0.25) is 0 Å². The summed E-state index contributed by atoms with van der Waals surface area (Å²) < 4.78 is 0. The van der Waals surface area contributed by atoms with Crippen molar-refractivity contribution < 1.29 is 5.11 Å². The van der Waals surface area contributed by atoms with Crippen LogP contribution in [-0.2, 0) is 0 Å². The normalized spacial score (nSPS) is 5.12. The summed E-state index contributed by atoms with van der Waals surface area (Å²) in [4.78, 5) is 0. The van der Waals surface area contributed by atoms with E-state index in [0.717, 1.165) is 6.42 Å². The van der Waals surface area contributed by atoms with Crippen molar-refractivity contribution in [1.29, 1.82) is 0 Å². The maximum absolute atomic E-state index is 7.88. The zero-order valence-corrected chi connectivity index (χ0v) is 12.0. The second-order valence-electron chi connectivity index (χ2n) is 2.36. The van der Waals surface area contributed by atoms with Crippen LogP contribution in [0.3, 0.4) is 0 Å². The van der Waals surface area contributed by atoms with Gasteiger partial charge in [-0.1, -0.05) is 31.2 Å². The summed E-state index contributed by atoms with van der Waals surface area (Å²) >= 11 is 0. The van der Waals surface area contributed by atoms with Crippen LogP contribution >= 0.6 is 0 Å². The molecule has 0 spiro atoms. The maximum Gasteiger partial charge on any atom is 0.0428 e. The molecule has 0 aromatic rings. The smallest absolute Gasteiger partial charge is 0.0428 e. The second-order valence-corrected chi connectivity index (χ2v) is 2.36. The van der Waals surface area contributed by atoms with E-state index in [1.165, 1.54) is 0 Å². The summed E-state index contributed by atoms with van der Waals surface area (Å²) in [6.45, 7) is 23.2. The molecule has 0 fully saturated rings. The van der Waals surface area contributed by atoms with Gasteiger partial charge in [0.25, 0.3) is 0 Å². The molecule has 0 rings (SSSR count). The maximum atomic E-state index is 7.88. The average Bonchev–Trinajstić information content (AvgIpc) is 2.22. The first-order valence-corrected chi connectivity index (χ1v) is 5.47. The van der Waals surface area contributed by atoms with Gasteiger partial charge in [-0.05, 0) is 34.1 Å². The van der Waals surface area contributed by atoms with Gasteiger partial charge in [-0.25, -0.2) is 0 Å². The minimum Gasteiger partial charge on any atom is -0.396 e. The highest BCUT2D eigenvalue weighted by Crippen LogP contribution is 1.61. The molecule has 0 atom stereocenters. The molecular weight excluding hydrogens is 196 g/mol. The first kappa shape index (κ1) is 29.4. The summed E-state index contributed by atoms with van der Waals surface area (Å²) in [5.74, 6) is 0. The number of hydrogen-bond acceptors (Lipinski definition) is 1. The van der Waals surface area contributed by atoms with Crippen molar-refractivity contribution in [2.24, 2.45) is 0 Å². The fourth-order valence-electron chi connectivity index (χ4n) is 0. The molecule has 0 radical (unpaired) electrons. The van der Waals surface area contributed by atoms with Gasteiger partial charge in [-0.2, -0.15) is 0 Å². The molecule has 0 saturated carbocycles. The van der Waals surface area contributed by atoms with E-state index in [-0.39, 0.29) is 0 Å². The lowest BCUT2D eigenvalue weighted by Crippen LogP contribution is -1.69. The molecule has 1 nitrogen and oxygen atoms in total. The second kappa shape index (κ2) is 96.0. The fraction of sp³-hybridized carbons (Fsp3) is 0.467. The van der Waals surface area contributed by atoms with Gasteiger partial charge in [0, 0.05) is 6.61 Å². The Morgan fingerprint density at radius 1 is 0.750 bits per heavy atom. The van der Waals surface area contributed by atoms with E-state index in [1.54, 1.807) is 24.3 Å². The van der Waals surface area contributed by atoms with Crippen LogP contribution in [0, 0.1) is 0 Å². The Morgan fingerprint density at radius 2 is 0.812 bits per heavy atom. The number of aliphatic hydroxyl groups excluding tert-OH is 1. The van der Waals surface area contributed by atoms with Crippen LogP contribution in [-0.4, -0.2) is 11.7 Å². The summed E-state index contributed by atoms with van der Waals surface area (Å²) in [5, 5.41) is 7.88. The van der Waals surface area contributed by atoms with E-state index in [0.29, 0.717) is 6.61 Å². The minimum absolute atomic E-state index is 0.319. The van der Waals surface area contributed by atoms with Crippen molar-refractivity contribution in [3.63, 3.8) is 0 Å². The van der Waals surface area contributed by atoms with E-state index in [1.807, 2.05) is 34.6 Å². The lowest BCUT2D eigenvalue weighted by atomic mass is 10.5. The van der Waals surface area contributed by atoms with Crippen molar-refractivity contribution >= 4 is 0 Å². The van der Waals surface area contributed by atoms with E-state index < -0.39 is 0 Å². The van der Waals surface area contributed by atoms with Crippen molar-refractivity contribution in [3.05, 3.63) is 50.6 Å². The SMILES string of the molecule is C=CC.C=CC.C=CC.C=CC.CCCO. The molecule has 0 amide bonds. The number of rotatable bonds is 1. The van der Waals surface area contributed by atoms with E-state index in [2.05, 4.69) is 26.3 Å². The van der Waals surface area contributed by atoms with E-state index >= 15 is 0 Å². The number of aliphatic hydroxyl groups is 1. The zero-order valence-electron chi connectivity index (χ0n) is 12.0. The third kappa shape index (κ3) is 287000. The predicted octanol–water partition coefficient (Wildman–Crippen LogP) is 5.16. The highest BCUT2D eigenvalue weighted by molar-refractivity contribution is 4.52. The third-order valence-corrected chi connectivity index (χ3v) is 0.224. The van der Waals surface area contributed by atoms with Crippen LogP contribution in [0.15, 0.2) is 50.6 Å². The average molecular weight is 228 g/mol. The summed E-state index contributed by atoms with van der Waals surface area (Å²) in [6.07, 6.45) is 7.88. The molecule has 0 aromatic carbocycles. The molecule has 0 unspecified atom stereocenters. The molecule has 0 aliphatic heterocycles. The van der Waals surface area contributed by atoms with Crippen LogP contribution in [0.5, 0.6) is 0 Å². The predicted molar refractivity (Wildman–Crippen MR) is 80.9 cm³/mol. The first-order chi connectivity index (χ1) is 7.57. The Balaban J connectivity index is -0.0000000317. The topological polar surface area (TPSA) is 20.2 Å². The van der Waals surface area contributed by atoms with E-state index in [4.69, 9.17) is 5.11 Å². The Morgan fingerprint density at radius 3 is 0.812 bits per heavy atom. The molecule has 1 N–H and O–H groups in total. The largest absolute Gasteiger partial charge is 0.396 e. The molecule has 0 heterocycles. The molecule has 0 aromatic heterocycles. The minimum atomic E-state index is 0.319.